The first-order chi connectivity index (χ1) is 11.2. The molecule has 1 aliphatic heterocycles. The van der Waals surface area contributed by atoms with E-state index < -0.39 is 0 Å². The molecule has 0 aliphatic carbocycles. The maximum atomic E-state index is 12.3. The van der Waals surface area contributed by atoms with Crippen LogP contribution in [0.3, 0.4) is 0 Å². The molecule has 0 atom stereocenters. The smallest absolute Gasteiger partial charge is 0.342 e. The number of piperidine rings is 1. The molecule has 24 heavy (non-hydrogen) atoms. The minimum atomic E-state index is -0.260. The summed E-state index contributed by atoms with van der Waals surface area (Å²) in [5, 5.41) is 4.84. The highest BCUT2D eigenvalue weighted by Crippen LogP contribution is 2.24. The molecule has 2 rings (SSSR count). The van der Waals surface area contributed by atoms with Crippen LogP contribution in [0.2, 0.25) is 0 Å². The largest absolute Gasteiger partial charge is 0.346 e. The molecule has 1 saturated heterocycles. The molecule has 0 bridgehead atoms. The molecule has 134 valence electrons. The van der Waals surface area contributed by atoms with Crippen molar-refractivity contribution in [3.8, 4) is 0 Å². The van der Waals surface area contributed by atoms with Gasteiger partial charge in [-0.15, -0.1) is 5.10 Å². The number of amides is 2. The minimum Gasteiger partial charge on any atom is -0.342 e. The van der Waals surface area contributed by atoms with Gasteiger partial charge < -0.3 is 9.80 Å². The maximum absolute atomic E-state index is 12.3. The van der Waals surface area contributed by atoms with E-state index in [0.29, 0.717) is 11.0 Å². The second kappa shape index (κ2) is 7.55. The predicted octanol–water partition coefficient (Wildman–Crippen LogP) is 2.21. The molecule has 7 nitrogen and oxygen atoms in total. The highest BCUT2D eigenvalue weighted by Gasteiger charge is 2.26. The predicted molar refractivity (Wildman–Crippen MR) is 94.4 cm³/mol. The number of hydrogen-bond acceptors (Lipinski definition) is 5. The van der Waals surface area contributed by atoms with Gasteiger partial charge in [-0.25, -0.2) is 9.78 Å². The summed E-state index contributed by atoms with van der Waals surface area (Å²) in [4.78, 5) is 32.5. The maximum Gasteiger partial charge on any atom is 0.346 e. The quantitative estimate of drug-likeness (QED) is 0.779. The number of likely N-dealkylation sites (tertiary alicyclic amines) is 1. The average molecular weight is 353 g/mol. The molecule has 2 heterocycles. The summed E-state index contributed by atoms with van der Waals surface area (Å²) in [6, 6.07) is -0.258. The summed E-state index contributed by atoms with van der Waals surface area (Å²) in [5.41, 5.74) is -0.260. The van der Waals surface area contributed by atoms with Crippen molar-refractivity contribution in [1.82, 2.24) is 24.6 Å². The van der Waals surface area contributed by atoms with Crippen LogP contribution >= 0.6 is 11.8 Å². The van der Waals surface area contributed by atoms with E-state index in [1.807, 2.05) is 25.7 Å². The van der Waals surface area contributed by atoms with Gasteiger partial charge in [-0.2, -0.15) is 4.68 Å². The van der Waals surface area contributed by atoms with Gasteiger partial charge in [0.2, 0.25) is 5.91 Å². The number of hydrogen-bond donors (Lipinski definition) is 0. The molecule has 0 saturated carbocycles. The normalized spacial score (nSPS) is 15.5. The zero-order valence-electron chi connectivity index (χ0n) is 15.2. The van der Waals surface area contributed by atoms with Crippen molar-refractivity contribution in [2.24, 2.45) is 0 Å². The number of aromatic nitrogens is 3. The fourth-order valence-electron chi connectivity index (χ4n) is 2.38. The first kappa shape index (κ1) is 18.8. The standard InChI is InChI=1S/C16H27N5O2S/c1-16(2,3)13-17-14(21(18-13)15(23)19(4)5)24-11-12(22)20-9-7-6-8-10-20/h6-11H2,1-5H3. The number of nitrogens with zero attached hydrogens (tertiary/aromatic N) is 5. The lowest BCUT2D eigenvalue weighted by Gasteiger charge is -2.26. The Labute approximate surface area is 147 Å². The third-order valence-corrected chi connectivity index (χ3v) is 4.76. The van der Waals surface area contributed by atoms with E-state index >= 15 is 0 Å². The van der Waals surface area contributed by atoms with E-state index in [1.54, 1.807) is 14.1 Å². The van der Waals surface area contributed by atoms with Gasteiger partial charge in [0.1, 0.15) is 0 Å². The molecule has 0 aromatic carbocycles. The van der Waals surface area contributed by atoms with E-state index in [2.05, 4.69) is 10.1 Å². The highest BCUT2D eigenvalue weighted by atomic mass is 32.2. The van der Waals surface area contributed by atoms with Crippen LogP contribution in [-0.4, -0.2) is 69.4 Å². The Morgan fingerprint density at radius 1 is 1.17 bits per heavy atom. The Balaban J connectivity index is 2.14. The molecule has 1 aliphatic rings. The fourth-order valence-corrected chi connectivity index (χ4v) is 3.21. The first-order valence-electron chi connectivity index (χ1n) is 8.30. The first-order valence-corrected chi connectivity index (χ1v) is 9.28. The summed E-state index contributed by atoms with van der Waals surface area (Å²) in [6.07, 6.45) is 3.33. The van der Waals surface area contributed by atoms with Crippen molar-refractivity contribution in [3.05, 3.63) is 5.82 Å². The van der Waals surface area contributed by atoms with Crippen LogP contribution in [0.25, 0.3) is 0 Å². The lowest BCUT2D eigenvalue weighted by atomic mass is 9.96. The van der Waals surface area contributed by atoms with Crippen molar-refractivity contribution in [2.75, 3.05) is 32.9 Å². The van der Waals surface area contributed by atoms with Gasteiger partial charge in [-0.3, -0.25) is 4.79 Å². The second-order valence-corrected chi connectivity index (χ2v) is 8.23. The monoisotopic (exact) mass is 353 g/mol. The molecule has 1 aromatic heterocycles. The Morgan fingerprint density at radius 2 is 1.79 bits per heavy atom. The lowest BCUT2D eigenvalue weighted by molar-refractivity contribution is -0.129. The molecule has 1 aromatic rings. The third-order valence-electron chi connectivity index (χ3n) is 3.85. The Kier molecular flexibility index (Phi) is 5.90. The summed E-state index contributed by atoms with van der Waals surface area (Å²) < 4.78 is 1.30. The molecule has 0 radical (unpaired) electrons. The Hall–Kier alpha value is -1.57. The van der Waals surface area contributed by atoms with Crippen LogP contribution in [0.15, 0.2) is 5.16 Å². The van der Waals surface area contributed by atoms with Crippen LogP contribution in [0, 0.1) is 0 Å². The van der Waals surface area contributed by atoms with Gasteiger partial charge in [0.05, 0.1) is 5.75 Å². The second-order valence-electron chi connectivity index (χ2n) is 7.29. The zero-order valence-corrected chi connectivity index (χ0v) is 16.0. The average Bonchev–Trinajstić information content (AvgIpc) is 2.97. The van der Waals surface area contributed by atoms with Gasteiger partial charge in [-0.05, 0) is 19.3 Å². The van der Waals surface area contributed by atoms with Crippen molar-refractivity contribution < 1.29 is 9.59 Å². The molecular weight excluding hydrogens is 326 g/mol. The molecular formula is C16H27N5O2S. The SMILES string of the molecule is CN(C)C(=O)n1nc(C(C)(C)C)nc1SCC(=O)N1CCCCC1. The summed E-state index contributed by atoms with van der Waals surface area (Å²) in [5.74, 6) is 0.984. The molecule has 2 amide bonds. The van der Waals surface area contributed by atoms with Gasteiger partial charge in [0.25, 0.3) is 0 Å². The molecule has 0 spiro atoms. The van der Waals surface area contributed by atoms with Gasteiger partial charge in [0, 0.05) is 32.6 Å². The van der Waals surface area contributed by atoms with Gasteiger partial charge in [-0.1, -0.05) is 32.5 Å². The van der Waals surface area contributed by atoms with Crippen LogP contribution < -0.4 is 0 Å². The van der Waals surface area contributed by atoms with E-state index in [4.69, 9.17) is 0 Å². The van der Waals surface area contributed by atoms with E-state index in [0.717, 1.165) is 25.9 Å². The topological polar surface area (TPSA) is 71.3 Å². The van der Waals surface area contributed by atoms with Gasteiger partial charge >= 0.3 is 6.03 Å². The Morgan fingerprint density at radius 3 is 2.33 bits per heavy atom. The summed E-state index contributed by atoms with van der Waals surface area (Å²) in [7, 11) is 3.35. The van der Waals surface area contributed by atoms with Crippen LogP contribution in [0.1, 0.15) is 45.9 Å². The summed E-state index contributed by atoms with van der Waals surface area (Å²) in [6.45, 7) is 7.66. The lowest BCUT2D eigenvalue weighted by Crippen LogP contribution is -2.36. The fraction of sp³-hybridized carbons (Fsp3) is 0.750. The molecule has 8 heteroatoms. The van der Waals surface area contributed by atoms with Crippen molar-refractivity contribution in [3.63, 3.8) is 0 Å². The van der Waals surface area contributed by atoms with Crippen molar-refractivity contribution in [1.29, 1.82) is 0 Å². The van der Waals surface area contributed by atoms with E-state index in [1.165, 1.54) is 27.8 Å². The third kappa shape index (κ3) is 4.49. The molecule has 0 unspecified atom stereocenters. The van der Waals surface area contributed by atoms with E-state index in [9.17, 15) is 9.59 Å². The highest BCUT2D eigenvalue weighted by molar-refractivity contribution is 7.99. The van der Waals surface area contributed by atoms with Crippen molar-refractivity contribution in [2.45, 2.75) is 50.6 Å². The van der Waals surface area contributed by atoms with Crippen LogP contribution in [0.4, 0.5) is 4.79 Å². The summed E-state index contributed by atoms with van der Waals surface area (Å²) >= 11 is 1.28. The van der Waals surface area contributed by atoms with Crippen molar-refractivity contribution >= 4 is 23.7 Å². The number of carbonyl (C=O) groups excluding carboxylic acids is 2. The number of carbonyl (C=O) groups is 2. The van der Waals surface area contributed by atoms with E-state index in [-0.39, 0.29) is 23.1 Å². The molecule has 0 N–H and O–H groups in total. The minimum absolute atomic E-state index is 0.101. The van der Waals surface area contributed by atoms with Gasteiger partial charge in [0.15, 0.2) is 11.0 Å². The zero-order chi connectivity index (χ0) is 17.9. The van der Waals surface area contributed by atoms with Crippen LogP contribution in [-0.2, 0) is 10.2 Å². The number of rotatable bonds is 3. The Bertz CT molecular complexity index is 600. The molecule has 1 fully saturated rings. The number of thioether (sulfide) groups is 1. The van der Waals surface area contributed by atoms with Crippen LogP contribution in [0.5, 0.6) is 0 Å².